The highest BCUT2D eigenvalue weighted by Gasteiger charge is 2.28. The number of carbonyl (C=O) groups excluding carboxylic acids is 1. The van der Waals surface area contributed by atoms with Crippen molar-refractivity contribution in [1.29, 1.82) is 0 Å². The maximum Gasteiger partial charge on any atom is 0.254 e. The number of rotatable bonds is 3. The Labute approximate surface area is 115 Å². The first kappa shape index (κ1) is 13.9. The van der Waals surface area contributed by atoms with Crippen LogP contribution in [0.1, 0.15) is 22.3 Å². The van der Waals surface area contributed by atoms with Gasteiger partial charge in [0.1, 0.15) is 5.75 Å². The number of hydrogen-bond donors (Lipinski definition) is 0. The van der Waals surface area contributed by atoms with Crippen molar-refractivity contribution in [3.63, 3.8) is 0 Å². The van der Waals surface area contributed by atoms with E-state index in [9.17, 15) is 4.79 Å². The molecule has 4 nitrogen and oxygen atoms in total. The van der Waals surface area contributed by atoms with Crippen LogP contribution in [0.2, 0.25) is 0 Å². The van der Waals surface area contributed by atoms with Crippen molar-refractivity contribution in [3.8, 4) is 5.75 Å². The number of benzene rings is 1. The summed E-state index contributed by atoms with van der Waals surface area (Å²) in [5.74, 6) is 0.872. The van der Waals surface area contributed by atoms with Crippen LogP contribution in [-0.2, 0) is 0 Å². The van der Waals surface area contributed by atoms with Gasteiger partial charge in [-0.05, 0) is 45.1 Å². The zero-order valence-electron chi connectivity index (χ0n) is 12.1. The van der Waals surface area contributed by atoms with Gasteiger partial charge in [-0.3, -0.25) is 4.79 Å². The third-order valence-electron chi connectivity index (χ3n) is 3.84. The molecule has 1 heterocycles. The number of likely N-dealkylation sites (N-methyl/N-ethyl adjacent to an activating group) is 1. The second kappa shape index (κ2) is 5.61. The largest absolute Gasteiger partial charge is 0.496 e. The second-order valence-corrected chi connectivity index (χ2v) is 5.34. The molecule has 0 aromatic heterocycles. The summed E-state index contributed by atoms with van der Waals surface area (Å²) in [4.78, 5) is 16.6. The summed E-state index contributed by atoms with van der Waals surface area (Å²) in [6.07, 6.45) is 1.04. The molecule has 1 unspecified atom stereocenters. The Morgan fingerprint density at radius 1 is 1.42 bits per heavy atom. The van der Waals surface area contributed by atoms with E-state index in [1.807, 2.05) is 30.0 Å². The molecule has 1 aromatic rings. The van der Waals surface area contributed by atoms with Gasteiger partial charge in [0.15, 0.2) is 0 Å². The number of hydrogen-bond acceptors (Lipinski definition) is 3. The molecule has 0 aliphatic carbocycles. The third-order valence-corrected chi connectivity index (χ3v) is 3.84. The first-order chi connectivity index (χ1) is 9.02. The van der Waals surface area contributed by atoms with Gasteiger partial charge in [-0.2, -0.15) is 0 Å². The Balaban J connectivity index is 2.12. The number of likely N-dealkylation sites (tertiary alicyclic amines) is 1. The molecule has 0 bridgehead atoms. The zero-order chi connectivity index (χ0) is 14.0. The lowest BCUT2D eigenvalue weighted by Gasteiger charge is -2.20. The van der Waals surface area contributed by atoms with E-state index in [0.717, 1.165) is 30.8 Å². The highest BCUT2D eigenvalue weighted by atomic mass is 16.5. The first-order valence-electron chi connectivity index (χ1n) is 6.63. The van der Waals surface area contributed by atoms with Crippen molar-refractivity contribution in [1.82, 2.24) is 9.80 Å². The highest BCUT2D eigenvalue weighted by Crippen LogP contribution is 2.22. The van der Waals surface area contributed by atoms with E-state index in [-0.39, 0.29) is 5.91 Å². The zero-order valence-corrected chi connectivity index (χ0v) is 12.1. The molecule has 19 heavy (non-hydrogen) atoms. The van der Waals surface area contributed by atoms with Gasteiger partial charge in [0.2, 0.25) is 0 Å². The van der Waals surface area contributed by atoms with Gasteiger partial charge in [0, 0.05) is 24.7 Å². The fraction of sp³-hybridized carbons (Fsp3) is 0.533. The second-order valence-electron chi connectivity index (χ2n) is 5.34. The smallest absolute Gasteiger partial charge is 0.254 e. The molecule has 0 radical (unpaired) electrons. The van der Waals surface area contributed by atoms with E-state index in [0.29, 0.717) is 11.6 Å². The summed E-state index contributed by atoms with van der Waals surface area (Å²) in [5, 5.41) is 0. The number of amides is 1. The molecule has 1 fully saturated rings. The van der Waals surface area contributed by atoms with Crippen LogP contribution >= 0.6 is 0 Å². The van der Waals surface area contributed by atoms with Gasteiger partial charge in [0.05, 0.1) is 7.11 Å². The molecule has 0 N–H and O–H groups in total. The van der Waals surface area contributed by atoms with Crippen LogP contribution in [0.5, 0.6) is 5.75 Å². The molecule has 1 saturated heterocycles. The monoisotopic (exact) mass is 262 g/mol. The van der Waals surface area contributed by atoms with Crippen molar-refractivity contribution >= 4 is 5.91 Å². The minimum atomic E-state index is 0.0997. The molecule has 2 rings (SSSR count). The van der Waals surface area contributed by atoms with Crippen LogP contribution in [0.25, 0.3) is 0 Å². The molecule has 0 saturated carbocycles. The molecule has 0 spiro atoms. The molecule has 4 heteroatoms. The first-order valence-corrected chi connectivity index (χ1v) is 6.63. The fourth-order valence-corrected chi connectivity index (χ4v) is 2.48. The molecular formula is C15H22N2O2. The summed E-state index contributed by atoms with van der Waals surface area (Å²) >= 11 is 0. The summed E-state index contributed by atoms with van der Waals surface area (Å²) in [6.45, 7) is 3.62. The molecule has 104 valence electrons. The van der Waals surface area contributed by atoms with Gasteiger partial charge >= 0.3 is 0 Å². The summed E-state index contributed by atoms with van der Waals surface area (Å²) in [6, 6.07) is 6.12. The van der Waals surface area contributed by atoms with Gasteiger partial charge in [0.25, 0.3) is 5.91 Å². The van der Waals surface area contributed by atoms with Crippen LogP contribution in [-0.4, -0.2) is 56.0 Å². The average Bonchev–Trinajstić information content (AvgIpc) is 2.88. The molecule has 1 aliphatic rings. The van der Waals surface area contributed by atoms with Gasteiger partial charge in [-0.15, -0.1) is 0 Å². The number of nitrogens with zero attached hydrogens (tertiary/aromatic N) is 2. The van der Waals surface area contributed by atoms with E-state index in [4.69, 9.17) is 4.74 Å². The highest BCUT2D eigenvalue weighted by molar-refractivity contribution is 5.95. The van der Waals surface area contributed by atoms with Crippen molar-refractivity contribution in [2.24, 2.45) is 0 Å². The third kappa shape index (κ3) is 2.89. The SMILES string of the molecule is COc1cc(C(=O)N2CCC(N(C)C)C2)ccc1C. The van der Waals surface area contributed by atoms with Gasteiger partial charge in [-0.25, -0.2) is 0 Å². The van der Waals surface area contributed by atoms with Crippen molar-refractivity contribution in [2.75, 3.05) is 34.3 Å². The summed E-state index contributed by atoms with van der Waals surface area (Å²) in [5.41, 5.74) is 1.76. The normalized spacial score (nSPS) is 19.0. The van der Waals surface area contributed by atoms with Crippen molar-refractivity contribution in [3.05, 3.63) is 29.3 Å². The lowest BCUT2D eigenvalue weighted by Crippen LogP contribution is -2.34. The van der Waals surface area contributed by atoms with Gasteiger partial charge in [-0.1, -0.05) is 6.07 Å². The summed E-state index contributed by atoms with van der Waals surface area (Å²) in [7, 11) is 5.76. The lowest BCUT2D eigenvalue weighted by molar-refractivity contribution is 0.0782. The molecule has 1 aliphatic heterocycles. The van der Waals surface area contributed by atoms with Crippen LogP contribution in [0, 0.1) is 6.92 Å². The molecule has 1 atom stereocenters. The maximum absolute atomic E-state index is 12.4. The Bertz CT molecular complexity index is 471. The Morgan fingerprint density at radius 2 is 2.16 bits per heavy atom. The molecule has 1 aromatic carbocycles. The summed E-state index contributed by atoms with van der Waals surface area (Å²) < 4.78 is 5.28. The van der Waals surface area contributed by atoms with Crippen LogP contribution in [0.3, 0.4) is 0 Å². The minimum Gasteiger partial charge on any atom is -0.496 e. The standard InChI is InChI=1S/C15H22N2O2/c1-11-5-6-12(9-14(11)19-4)15(18)17-8-7-13(10-17)16(2)3/h5-6,9,13H,7-8,10H2,1-4H3. The van der Waals surface area contributed by atoms with E-state index < -0.39 is 0 Å². The number of ether oxygens (including phenoxy) is 1. The lowest BCUT2D eigenvalue weighted by atomic mass is 10.1. The fourth-order valence-electron chi connectivity index (χ4n) is 2.48. The quantitative estimate of drug-likeness (QED) is 0.832. The molecule has 1 amide bonds. The van der Waals surface area contributed by atoms with Crippen LogP contribution < -0.4 is 4.74 Å². The van der Waals surface area contributed by atoms with Crippen LogP contribution in [0.4, 0.5) is 0 Å². The van der Waals surface area contributed by atoms with E-state index in [2.05, 4.69) is 19.0 Å². The van der Waals surface area contributed by atoms with Gasteiger partial charge < -0.3 is 14.5 Å². The molecular weight excluding hydrogens is 240 g/mol. The van der Waals surface area contributed by atoms with E-state index >= 15 is 0 Å². The number of aryl methyl sites for hydroxylation is 1. The van der Waals surface area contributed by atoms with Crippen molar-refractivity contribution < 1.29 is 9.53 Å². The van der Waals surface area contributed by atoms with Crippen molar-refractivity contribution in [2.45, 2.75) is 19.4 Å². The van der Waals surface area contributed by atoms with E-state index in [1.165, 1.54) is 0 Å². The number of methoxy groups -OCH3 is 1. The predicted molar refractivity (Wildman–Crippen MR) is 75.7 cm³/mol. The number of carbonyl (C=O) groups is 1. The maximum atomic E-state index is 12.4. The Morgan fingerprint density at radius 3 is 2.74 bits per heavy atom. The Hall–Kier alpha value is -1.55. The topological polar surface area (TPSA) is 32.8 Å². The average molecular weight is 262 g/mol. The predicted octanol–water partition coefficient (Wildman–Crippen LogP) is 1.78. The van der Waals surface area contributed by atoms with E-state index in [1.54, 1.807) is 7.11 Å². The Kier molecular flexibility index (Phi) is 4.10. The minimum absolute atomic E-state index is 0.0997. The van der Waals surface area contributed by atoms with Crippen LogP contribution in [0.15, 0.2) is 18.2 Å².